The van der Waals surface area contributed by atoms with Crippen molar-refractivity contribution >= 4 is 12.3 Å². The van der Waals surface area contributed by atoms with E-state index in [0.717, 1.165) is 5.56 Å². The minimum absolute atomic E-state index is 0.293. The van der Waals surface area contributed by atoms with Crippen LogP contribution in [0, 0.1) is 12.7 Å². The summed E-state index contributed by atoms with van der Waals surface area (Å²) in [6.45, 7) is 1.49. The molecule has 0 fully saturated rings. The summed E-state index contributed by atoms with van der Waals surface area (Å²) in [5.74, 6) is 0.0666. The fourth-order valence-corrected chi connectivity index (χ4v) is 2.50. The lowest BCUT2D eigenvalue weighted by molar-refractivity contribution is 0.155. The zero-order chi connectivity index (χ0) is 19.9. The maximum Gasteiger partial charge on any atom is 0.226 e. The summed E-state index contributed by atoms with van der Waals surface area (Å²) < 4.78 is 34.3. The fourth-order valence-electron chi connectivity index (χ4n) is 2.50. The van der Waals surface area contributed by atoms with Gasteiger partial charge in [-0.3, -0.25) is 0 Å². The van der Waals surface area contributed by atoms with Gasteiger partial charge in [-0.05, 0) is 42.8 Å². The summed E-state index contributed by atoms with van der Waals surface area (Å²) in [6.07, 6.45) is 2.80. The van der Waals surface area contributed by atoms with Gasteiger partial charge < -0.3 is 9.57 Å². The first kappa shape index (κ1) is 19.3. The largest absolute Gasteiger partial charge is 0.439 e. The number of aromatic nitrogens is 2. The Kier molecular flexibility index (Phi) is 6.16. The molecule has 0 saturated heterocycles. The Bertz CT molecular complexity index is 981. The van der Waals surface area contributed by atoms with Crippen molar-refractivity contribution in [2.75, 3.05) is 6.61 Å². The van der Waals surface area contributed by atoms with Gasteiger partial charge in [-0.2, -0.15) is 5.10 Å². The molecule has 3 rings (SSSR count). The molecule has 28 heavy (non-hydrogen) atoms. The molecule has 7 heteroatoms. The van der Waals surface area contributed by atoms with E-state index < -0.39 is 5.83 Å². The molecule has 0 aliphatic rings. The van der Waals surface area contributed by atoms with E-state index in [4.69, 9.17) is 9.57 Å². The number of oxime groups is 1. The van der Waals surface area contributed by atoms with Gasteiger partial charge in [0.1, 0.15) is 17.4 Å². The van der Waals surface area contributed by atoms with E-state index in [-0.39, 0.29) is 12.4 Å². The van der Waals surface area contributed by atoms with Crippen LogP contribution in [-0.2, 0) is 11.9 Å². The highest BCUT2D eigenvalue weighted by atomic mass is 19.1. The van der Waals surface area contributed by atoms with Crippen molar-refractivity contribution in [1.29, 1.82) is 0 Å². The van der Waals surface area contributed by atoms with Crippen LogP contribution in [0.2, 0.25) is 0 Å². The normalized spacial score (nSPS) is 11.8. The Labute approximate surface area is 161 Å². The van der Waals surface area contributed by atoms with E-state index >= 15 is 0 Å². The van der Waals surface area contributed by atoms with Crippen LogP contribution in [0.4, 0.5) is 8.78 Å². The van der Waals surface area contributed by atoms with Crippen LogP contribution in [0.1, 0.15) is 16.8 Å². The zero-order valence-corrected chi connectivity index (χ0v) is 15.5. The predicted octanol–water partition coefficient (Wildman–Crippen LogP) is 5.02. The number of aryl methyl sites for hydroxylation is 2. The summed E-state index contributed by atoms with van der Waals surface area (Å²) in [4.78, 5) is 5.04. The number of hydrogen-bond donors (Lipinski definition) is 0. The highest BCUT2D eigenvalue weighted by Crippen LogP contribution is 2.26. The number of benzene rings is 2. The lowest BCUT2D eigenvalue weighted by Gasteiger charge is -2.06. The predicted molar refractivity (Wildman–Crippen MR) is 103 cm³/mol. The second-order valence-electron chi connectivity index (χ2n) is 5.99. The Balaban J connectivity index is 1.66. The molecule has 3 aromatic rings. The molecule has 0 bridgehead atoms. The van der Waals surface area contributed by atoms with Crippen LogP contribution in [0.15, 0.2) is 65.6 Å². The molecule has 0 saturated carbocycles. The summed E-state index contributed by atoms with van der Waals surface area (Å²) in [6, 6.07) is 14.7. The first-order valence-electron chi connectivity index (χ1n) is 8.56. The Hall–Kier alpha value is -3.48. The summed E-state index contributed by atoms with van der Waals surface area (Å²) >= 11 is 0. The average Bonchev–Trinajstić information content (AvgIpc) is 2.94. The molecular formula is C21H19F2N3O2. The van der Waals surface area contributed by atoms with E-state index in [1.54, 1.807) is 26.1 Å². The Morgan fingerprint density at radius 1 is 1.14 bits per heavy atom. The van der Waals surface area contributed by atoms with Gasteiger partial charge in [-0.15, -0.1) is 0 Å². The third-order valence-corrected chi connectivity index (χ3v) is 3.82. The van der Waals surface area contributed by atoms with Gasteiger partial charge in [0.2, 0.25) is 5.88 Å². The number of halogens is 2. The molecule has 1 heterocycles. The lowest BCUT2D eigenvalue weighted by atomic mass is 10.2. The van der Waals surface area contributed by atoms with Crippen molar-refractivity contribution < 1.29 is 18.4 Å². The van der Waals surface area contributed by atoms with Crippen molar-refractivity contribution in [1.82, 2.24) is 9.78 Å². The molecule has 0 amide bonds. The quantitative estimate of drug-likeness (QED) is 0.425. The lowest BCUT2D eigenvalue weighted by Crippen LogP contribution is -1.97. The second-order valence-corrected chi connectivity index (χ2v) is 5.99. The van der Waals surface area contributed by atoms with Crippen LogP contribution >= 0.6 is 0 Å². The monoisotopic (exact) mass is 383 g/mol. The van der Waals surface area contributed by atoms with E-state index in [9.17, 15) is 8.78 Å². The minimum Gasteiger partial charge on any atom is -0.439 e. The highest BCUT2D eigenvalue weighted by molar-refractivity contribution is 5.84. The number of ether oxygens (including phenoxy) is 1. The van der Waals surface area contributed by atoms with Gasteiger partial charge in [-0.1, -0.05) is 35.5 Å². The molecule has 0 aliphatic heterocycles. The third-order valence-electron chi connectivity index (χ3n) is 3.82. The van der Waals surface area contributed by atoms with Gasteiger partial charge in [0.05, 0.1) is 17.5 Å². The molecule has 0 radical (unpaired) electrons. The Morgan fingerprint density at radius 3 is 2.57 bits per heavy atom. The fraction of sp³-hybridized carbons (Fsp3) is 0.143. The van der Waals surface area contributed by atoms with Crippen LogP contribution < -0.4 is 4.74 Å². The van der Waals surface area contributed by atoms with Crippen molar-refractivity contribution in [3.8, 4) is 11.6 Å². The third kappa shape index (κ3) is 5.03. The van der Waals surface area contributed by atoms with Gasteiger partial charge >= 0.3 is 0 Å². The zero-order valence-electron chi connectivity index (χ0n) is 15.5. The smallest absolute Gasteiger partial charge is 0.226 e. The van der Waals surface area contributed by atoms with Gasteiger partial charge in [-0.25, -0.2) is 13.5 Å². The average molecular weight is 383 g/mol. The van der Waals surface area contributed by atoms with Crippen LogP contribution in [0.5, 0.6) is 11.6 Å². The van der Waals surface area contributed by atoms with Crippen molar-refractivity contribution in [3.63, 3.8) is 0 Å². The van der Waals surface area contributed by atoms with E-state index in [0.29, 0.717) is 22.9 Å². The molecule has 0 atom stereocenters. The van der Waals surface area contributed by atoms with Crippen molar-refractivity contribution in [3.05, 3.63) is 83.1 Å². The van der Waals surface area contributed by atoms with Crippen LogP contribution in [-0.4, -0.2) is 22.6 Å². The summed E-state index contributed by atoms with van der Waals surface area (Å²) in [7, 11) is 1.71. The Morgan fingerprint density at radius 2 is 1.86 bits per heavy atom. The number of nitrogens with zero attached hydrogens (tertiary/aromatic N) is 3. The van der Waals surface area contributed by atoms with Gasteiger partial charge in [0, 0.05) is 7.05 Å². The summed E-state index contributed by atoms with van der Waals surface area (Å²) in [5, 5.41) is 8.09. The highest BCUT2D eigenvalue weighted by Gasteiger charge is 2.14. The standard InChI is InChI=1S/C21H19F2N3O2/c1-15-20(13-24-27-14-18(23)12-16-6-4-3-5-7-16)21(26(2)25-15)28-19-10-8-17(22)9-11-19/h3-13H,14H2,1-2H3. The van der Waals surface area contributed by atoms with E-state index in [2.05, 4.69) is 10.3 Å². The molecule has 1 aromatic heterocycles. The number of rotatable bonds is 7. The molecule has 0 N–H and O–H groups in total. The van der Waals surface area contributed by atoms with Crippen LogP contribution in [0.3, 0.4) is 0 Å². The molecule has 0 aliphatic carbocycles. The number of hydrogen-bond acceptors (Lipinski definition) is 4. The summed E-state index contributed by atoms with van der Waals surface area (Å²) in [5.41, 5.74) is 1.98. The van der Waals surface area contributed by atoms with Gasteiger partial charge in [0.15, 0.2) is 6.61 Å². The SMILES string of the molecule is Cc1nn(C)c(Oc2ccc(F)cc2)c1C=NOCC(F)=Cc1ccccc1. The molecule has 2 aromatic carbocycles. The van der Waals surface area contributed by atoms with E-state index in [1.165, 1.54) is 41.2 Å². The molecule has 5 nitrogen and oxygen atoms in total. The first-order chi connectivity index (χ1) is 13.5. The topological polar surface area (TPSA) is 48.6 Å². The maximum absolute atomic E-state index is 13.9. The van der Waals surface area contributed by atoms with Crippen molar-refractivity contribution in [2.24, 2.45) is 12.2 Å². The van der Waals surface area contributed by atoms with E-state index in [1.807, 2.05) is 18.2 Å². The molecule has 144 valence electrons. The first-order valence-corrected chi connectivity index (χ1v) is 8.56. The van der Waals surface area contributed by atoms with Gasteiger partial charge in [0.25, 0.3) is 0 Å². The molecule has 0 unspecified atom stereocenters. The van der Waals surface area contributed by atoms with Crippen molar-refractivity contribution in [2.45, 2.75) is 6.92 Å². The molecular weight excluding hydrogens is 364 g/mol. The minimum atomic E-state index is -0.450. The second kappa shape index (κ2) is 8.94. The maximum atomic E-state index is 13.9. The molecule has 0 spiro atoms. The van der Waals surface area contributed by atoms with Crippen LogP contribution in [0.25, 0.3) is 6.08 Å².